The summed E-state index contributed by atoms with van der Waals surface area (Å²) < 4.78 is 31.4. The third kappa shape index (κ3) is 10.9. The molecule has 4 aromatic rings. The van der Waals surface area contributed by atoms with Crippen molar-refractivity contribution in [3.63, 3.8) is 0 Å². The first-order valence-corrected chi connectivity index (χ1v) is 22.7. The van der Waals surface area contributed by atoms with E-state index < -0.39 is 47.5 Å². The molecule has 1 unspecified atom stereocenters. The number of amides is 7. The average Bonchev–Trinajstić information content (AvgIpc) is 3.56. The van der Waals surface area contributed by atoms with Crippen LogP contribution in [0.1, 0.15) is 105 Å². The standard InChI is InChI=1S/C47H49Cl2FN8O10/c1-25-23-56(45(63)29-9-11-30(12-10-29)52-43(61)34-22-36(42(51)55-54-34)68-27(3)39-32(48)13-14-33(50)41(39)49)24-26(2)57(25)38(60)17-19-67-21-20-66-18-5-7-28-6-4-8-31-40(28)47(65)58(46(31)64)35-15-16-37(59)53-44(35)62/h4,6,8-14,22,25-27,35H,5,7,15-21,23-24H2,1-3H3,(H2,51,55)(H,52,61)(H,53,59,62)/t25-,26+,27-,35?/m1/s1. The van der Waals surface area contributed by atoms with Crippen LogP contribution in [0.15, 0.2) is 60.7 Å². The highest BCUT2D eigenvalue weighted by Gasteiger charge is 2.45. The molecule has 0 bridgehead atoms. The highest BCUT2D eigenvalue weighted by Crippen LogP contribution is 2.36. The van der Waals surface area contributed by atoms with E-state index in [2.05, 4.69) is 20.8 Å². The molecule has 4 N–H and O–H groups in total. The van der Waals surface area contributed by atoms with E-state index in [9.17, 15) is 38.0 Å². The largest absolute Gasteiger partial charge is 0.482 e. The van der Waals surface area contributed by atoms with Crippen LogP contribution in [0, 0.1) is 5.82 Å². The molecular formula is C47H49Cl2FN8O10. The highest BCUT2D eigenvalue weighted by molar-refractivity contribution is 6.36. The molecule has 0 saturated carbocycles. The minimum atomic E-state index is -1.03. The predicted octanol–water partition coefficient (Wildman–Crippen LogP) is 5.42. The van der Waals surface area contributed by atoms with Gasteiger partial charge in [-0.15, -0.1) is 10.2 Å². The summed E-state index contributed by atoms with van der Waals surface area (Å²) >= 11 is 12.4. The summed E-state index contributed by atoms with van der Waals surface area (Å²) in [5.41, 5.74) is 7.96. The quantitative estimate of drug-likeness (QED) is 0.0683. The molecule has 0 aliphatic carbocycles. The van der Waals surface area contributed by atoms with E-state index in [0.29, 0.717) is 49.4 Å². The van der Waals surface area contributed by atoms with Gasteiger partial charge in [-0.25, -0.2) is 4.39 Å². The molecule has 68 heavy (non-hydrogen) atoms. The summed E-state index contributed by atoms with van der Waals surface area (Å²) in [6.07, 6.45) is 0.423. The third-order valence-corrected chi connectivity index (χ3v) is 12.5. The number of ether oxygens (including phenoxy) is 3. The van der Waals surface area contributed by atoms with E-state index in [1.807, 2.05) is 13.8 Å². The predicted molar refractivity (Wildman–Crippen MR) is 246 cm³/mol. The molecule has 21 heteroatoms. The molecule has 2 fully saturated rings. The Kier molecular flexibility index (Phi) is 15.7. The van der Waals surface area contributed by atoms with Crippen LogP contribution in [0.25, 0.3) is 0 Å². The van der Waals surface area contributed by atoms with Gasteiger partial charge in [0, 0.05) is 66.1 Å². The number of halogens is 3. The first-order chi connectivity index (χ1) is 32.5. The van der Waals surface area contributed by atoms with Crippen molar-refractivity contribution in [2.24, 2.45) is 0 Å². The summed E-state index contributed by atoms with van der Waals surface area (Å²) in [4.78, 5) is 94.9. The molecule has 0 radical (unpaired) electrons. The number of nitrogens with zero attached hydrogens (tertiary/aromatic N) is 5. The van der Waals surface area contributed by atoms with Gasteiger partial charge in [0.05, 0.1) is 42.4 Å². The number of anilines is 2. The van der Waals surface area contributed by atoms with E-state index in [0.717, 1.165) is 11.0 Å². The number of hydrogen-bond acceptors (Lipinski definition) is 13. The van der Waals surface area contributed by atoms with Crippen molar-refractivity contribution >= 4 is 76.1 Å². The average molecular weight is 976 g/mol. The molecule has 1 aromatic heterocycles. The van der Waals surface area contributed by atoms with E-state index in [-0.39, 0.29) is 107 Å². The number of rotatable bonds is 17. The van der Waals surface area contributed by atoms with E-state index in [4.69, 9.17) is 43.1 Å². The van der Waals surface area contributed by atoms with Crippen molar-refractivity contribution in [2.75, 3.05) is 50.6 Å². The zero-order valence-corrected chi connectivity index (χ0v) is 38.9. The maximum absolute atomic E-state index is 14.1. The molecule has 3 aliphatic rings. The van der Waals surface area contributed by atoms with Crippen molar-refractivity contribution in [3.05, 3.63) is 110 Å². The summed E-state index contributed by atoms with van der Waals surface area (Å²) in [5.74, 6) is -3.95. The number of aromatic nitrogens is 2. The second-order valence-electron chi connectivity index (χ2n) is 16.6. The topological polar surface area (TPSA) is 233 Å². The van der Waals surface area contributed by atoms with Gasteiger partial charge in [-0.1, -0.05) is 35.3 Å². The Morgan fingerprint density at radius 3 is 2.34 bits per heavy atom. The Morgan fingerprint density at radius 1 is 0.926 bits per heavy atom. The molecule has 2 saturated heterocycles. The van der Waals surface area contributed by atoms with Crippen molar-refractivity contribution in [2.45, 2.75) is 77.1 Å². The van der Waals surface area contributed by atoms with Crippen molar-refractivity contribution in [1.29, 1.82) is 0 Å². The number of fused-ring (bicyclic) bond motifs is 1. The van der Waals surface area contributed by atoms with Crippen LogP contribution in [0.4, 0.5) is 15.9 Å². The molecule has 18 nitrogen and oxygen atoms in total. The number of carbonyl (C=O) groups excluding carboxylic acids is 7. The Bertz CT molecular complexity index is 2630. The molecule has 3 aromatic carbocycles. The summed E-state index contributed by atoms with van der Waals surface area (Å²) in [7, 11) is 0. The normalized spacial score (nSPS) is 18.6. The number of nitrogens with two attached hydrogens (primary N) is 1. The zero-order chi connectivity index (χ0) is 48.8. The minimum absolute atomic E-state index is 0.000115. The van der Waals surface area contributed by atoms with Gasteiger partial charge in [0.15, 0.2) is 17.3 Å². The fraction of sp³-hybridized carbons (Fsp3) is 0.383. The fourth-order valence-electron chi connectivity index (χ4n) is 8.58. The Labute approximate surface area is 400 Å². The van der Waals surface area contributed by atoms with Gasteiger partial charge >= 0.3 is 0 Å². The minimum Gasteiger partial charge on any atom is -0.482 e. The zero-order valence-electron chi connectivity index (χ0n) is 37.4. The van der Waals surface area contributed by atoms with Gasteiger partial charge in [-0.3, -0.25) is 43.8 Å². The summed E-state index contributed by atoms with van der Waals surface area (Å²) in [6, 6.07) is 13.6. The van der Waals surface area contributed by atoms with E-state index in [1.54, 1.807) is 59.2 Å². The molecule has 4 atom stereocenters. The number of nitrogen functional groups attached to an aromatic ring is 1. The Hall–Kier alpha value is -6.54. The maximum Gasteiger partial charge on any atom is 0.276 e. The van der Waals surface area contributed by atoms with Gasteiger partial charge in [0.1, 0.15) is 18.0 Å². The second kappa shape index (κ2) is 21.6. The van der Waals surface area contributed by atoms with Crippen LogP contribution in [-0.4, -0.2) is 124 Å². The van der Waals surface area contributed by atoms with E-state index in [1.165, 1.54) is 12.1 Å². The lowest BCUT2D eigenvalue weighted by Crippen LogP contribution is -2.59. The van der Waals surface area contributed by atoms with Gasteiger partial charge in [0.2, 0.25) is 17.7 Å². The van der Waals surface area contributed by atoms with Gasteiger partial charge in [-0.2, -0.15) is 0 Å². The highest BCUT2D eigenvalue weighted by atomic mass is 35.5. The summed E-state index contributed by atoms with van der Waals surface area (Å²) in [5, 5.41) is 12.6. The second-order valence-corrected chi connectivity index (χ2v) is 17.4. The SMILES string of the molecule is C[C@@H]1CN(C(=O)c2ccc(NC(=O)c3cc(O[C@H](C)c4c(Cl)ccc(F)c4Cl)c(N)nn3)cc2)C[C@H](C)N1C(=O)CCOCCOCCCc1cccc2c1C(=O)N(C1CCC(=O)NC1=O)C2=O. The first kappa shape index (κ1) is 49.4. The maximum atomic E-state index is 14.1. The Balaban J connectivity index is 0.807. The molecule has 358 valence electrons. The lowest BCUT2D eigenvalue weighted by atomic mass is 9.99. The molecule has 3 aliphatic heterocycles. The van der Waals surface area contributed by atoms with Crippen molar-refractivity contribution < 1.29 is 52.2 Å². The van der Waals surface area contributed by atoms with Gasteiger partial charge in [-0.05, 0) is 88.1 Å². The van der Waals surface area contributed by atoms with Crippen LogP contribution < -0.4 is 21.1 Å². The van der Waals surface area contributed by atoms with Crippen LogP contribution in [0.2, 0.25) is 10.0 Å². The number of hydrogen-bond donors (Lipinski definition) is 3. The van der Waals surface area contributed by atoms with Crippen LogP contribution in [0.5, 0.6) is 5.75 Å². The summed E-state index contributed by atoms with van der Waals surface area (Å²) in [6.45, 7) is 7.05. The lowest BCUT2D eigenvalue weighted by molar-refractivity contribution is -0.140. The molecular weight excluding hydrogens is 926 g/mol. The number of nitrogens with one attached hydrogen (secondary N) is 2. The smallest absolute Gasteiger partial charge is 0.276 e. The number of carbonyl (C=O) groups is 7. The lowest BCUT2D eigenvalue weighted by Gasteiger charge is -2.44. The number of aryl methyl sites for hydroxylation is 1. The molecule has 0 spiro atoms. The molecule has 4 heterocycles. The van der Waals surface area contributed by atoms with Crippen molar-refractivity contribution in [1.82, 2.24) is 30.2 Å². The van der Waals surface area contributed by atoms with Crippen LogP contribution >= 0.6 is 23.2 Å². The van der Waals surface area contributed by atoms with Gasteiger partial charge in [0.25, 0.3) is 23.6 Å². The van der Waals surface area contributed by atoms with Crippen LogP contribution in [0.3, 0.4) is 0 Å². The Morgan fingerprint density at radius 2 is 1.63 bits per heavy atom. The third-order valence-electron chi connectivity index (χ3n) is 11.8. The monoisotopic (exact) mass is 974 g/mol. The van der Waals surface area contributed by atoms with Crippen molar-refractivity contribution in [3.8, 4) is 5.75 Å². The molecule has 7 rings (SSSR count). The number of piperidine rings is 1. The van der Waals surface area contributed by atoms with Gasteiger partial charge < -0.3 is 35.1 Å². The number of imide groups is 2. The fourth-order valence-corrected chi connectivity index (χ4v) is 9.25. The van der Waals surface area contributed by atoms with Crippen LogP contribution in [-0.2, 0) is 30.3 Å². The number of piperazine rings is 1. The molecule has 7 amide bonds. The number of benzene rings is 3. The van der Waals surface area contributed by atoms with E-state index >= 15 is 0 Å². The first-order valence-electron chi connectivity index (χ1n) is 22.0.